The SMILES string of the molecule is COC(=O)c1occc1COc1cccc2c1NCCC2. The lowest BCUT2D eigenvalue weighted by Gasteiger charge is -2.21. The third-order valence-electron chi connectivity index (χ3n) is 3.54. The maximum Gasteiger partial charge on any atom is 0.374 e. The van der Waals surface area contributed by atoms with Crippen LogP contribution in [0.3, 0.4) is 0 Å². The van der Waals surface area contributed by atoms with Crippen molar-refractivity contribution in [2.75, 3.05) is 19.0 Å². The lowest BCUT2D eigenvalue weighted by Crippen LogP contribution is -2.13. The standard InChI is InChI=1S/C16H17NO4/c1-19-16(18)15-12(7-9-20-15)10-21-13-6-2-4-11-5-3-8-17-14(11)13/h2,4,6-7,9,17H,3,5,8,10H2,1H3. The molecule has 1 aromatic heterocycles. The predicted octanol–water partition coefficient (Wildman–Crippen LogP) is 3.00. The normalized spacial score (nSPS) is 13.2. The number of para-hydroxylation sites is 1. The average molecular weight is 287 g/mol. The second-order valence-corrected chi connectivity index (χ2v) is 4.88. The number of anilines is 1. The maximum atomic E-state index is 11.6. The molecule has 0 radical (unpaired) electrons. The van der Waals surface area contributed by atoms with E-state index in [0.29, 0.717) is 5.56 Å². The minimum Gasteiger partial charge on any atom is -0.487 e. The van der Waals surface area contributed by atoms with Crippen molar-refractivity contribution >= 4 is 11.7 Å². The summed E-state index contributed by atoms with van der Waals surface area (Å²) < 4.78 is 15.7. The van der Waals surface area contributed by atoms with Gasteiger partial charge in [0.2, 0.25) is 5.76 Å². The molecular weight excluding hydrogens is 270 g/mol. The van der Waals surface area contributed by atoms with Gasteiger partial charge in [0, 0.05) is 12.1 Å². The average Bonchev–Trinajstić information content (AvgIpc) is 3.00. The molecule has 110 valence electrons. The Kier molecular flexibility index (Phi) is 3.81. The van der Waals surface area contributed by atoms with Crippen molar-refractivity contribution < 1.29 is 18.7 Å². The minimum absolute atomic E-state index is 0.190. The second kappa shape index (κ2) is 5.91. The van der Waals surface area contributed by atoms with Gasteiger partial charge < -0.3 is 19.2 Å². The monoisotopic (exact) mass is 287 g/mol. The Labute approximate surface area is 122 Å². The van der Waals surface area contributed by atoms with Gasteiger partial charge in [0.05, 0.1) is 19.1 Å². The summed E-state index contributed by atoms with van der Waals surface area (Å²) >= 11 is 0. The molecule has 1 aliphatic rings. The molecule has 0 saturated heterocycles. The molecule has 21 heavy (non-hydrogen) atoms. The van der Waals surface area contributed by atoms with E-state index in [1.54, 1.807) is 6.07 Å². The molecule has 0 fully saturated rings. The van der Waals surface area contributed by atoms with Crippen LogP contribution in [0.5, 0.6) is 5.75 Å². The van der Waals surface area contributed by atoms with E-state index in [-0.39, 0.29) is 12.4 Å². The first-order valence-electron chi connectivity index (χ1n) is 6.93. The molecular formula is C16H17NO4. The Bertz CT molecular complexity index is 647. The first-order valence-corrected chi connectivity index (χ1v) is 6.93. The number of hydrogen-bond donors (Lipinski definition) is 1. The fraction of sp³-hybridized carbons (Fsp3) is 0.312. The van der Waals surface area contributed by atoms with Gasteiger partial charge in [-0.05, 0) is 30.5 Å². The van der Waals surface area contributed by atoms with Crippen LogP contribution < -0.4 is 10.1 Å². The molecule has 3 rings (SSSR count). The summed E-state index contributed by atoms with van der Waals surface area (Å²) in [4.78, 5) is 11.6. The number of furan rings is 1. The zero-order valence-electron chi connectivity index (χ0n) is 11.8. The van der Waals surface area contributed by atoms with Crippen LogP contribution in [0.25, 0.3) is 0 Å². The number of esters is 1. The van der Waals surface area contributed by atoms with Gasteiger partial charge in [-0.25, -0.2) is 4.79 Å². The predicted molar refractivity (Wildman–Crippen MR) is 77.6 cm³/mol. The van der Waals surface area contributed by atoms with Gasteiger partial charge in [0.15, 0.2) is 0 Å². The van der Waals surface area contributed by atoms with Crippen LogP contribution in [0.15, 0.2) is 34.9 Å². The van der Waals surface area contributed by atoms with E-state index in [1.165, 1.54) is 18.9 Å². The summed E-state index contributed by atoms with van der Waals surface area (Å²) in [5, 5.41) is 3.37. The van der Waals surface area contributed by atoms with Crippen LogP contribution in [-0.4, -0.2) is 19.6 Å². The number of rotatable bonds is 4. The second-order valence-electron chi connectivity index (χ2n) is 4.88. The molecule has 2 heterocycles. The van der Waals surface area contributed by atoms with Crippen LogP contribution in [0.2, 0.25) is 0 Å². The zero-order chi connectivity index (χ0) is 14.7. The molecule has 2 aromatic rings. The van der Waals surface area contributed by atoms with E-state index < -0.39 is 5.97 Å². The van der Waals surface area contributed by atoms with Crippen molar-refractivity contribution in [1.82, 2.24) is 0 Å². The van der Waals surface area contributed by atoms with Crippen molar-refractivity contribution in [3.8, 4) is 5.75 Å². The minimum atomic E-state index is -0.494. The van der Waals surface area contributed by atoms with E-state index in [0.717, 1.165) is 30.8 Å². The summed E-state index contributed by atoms with van der Waals surface area (Å²) in [6.07, 6.45) is 3.65. The summed E-state index contributed by atoms with van der Waals surface area (Å²) in [7, 11) is 1.33. The van der Waals surface area contributed by atoms with Gasteiger partial charge in [-0.2, -0.15) is 0 Å². The molecule has 0 atom stereocenters. The van der Waals surface area contributed by atoms with Crippen molar-refractivity contribution in [3.05, 3.63) is 47.4 Å². The molecule has 0 spiro atoms. The van der Waals surface area contributed by atoms with E-state index in [4.69, 9.17) is 9.15 Å². The first-order chi connectivity index (χ1) is 10.3. The van der Waals surface area contributed by atoms with Gasteiger partial charge in [0.1, 0.15) is 12.4 Å². The number of nitrogens with one attached hydrogen (secondary N) is 1. The Morgan fingerprint density at radius 2 is 2.29 bits per heavy atom. The molecule has 1 aliphatic heterocycles. The number of benzene rings is 1. The van der Waals surface area contributed by atoms with Crippen LogP contribution in [-0.2, 0) is 17.8 Å². The summed E-state index contributed by atoms with van der Waals surface area (Å²) in [6, 6.07) is 7.73. The number of carbonyl (C=O) groups excluding carboxylic acids is 1. The third kappa shape index (κ3) is 2.72. The van der Waals surface area contributed by atoms with Gasteiger partial charge >= 0.3 is 5.97 Å². The molecule has 0 saturated carbocycles. The topological polar surface area (TPSA) is 60.7 Å². The van der Waals surface area contributed by atoms with E-state index >= 15 is 0 Å². The highest BCUT2D eigenvalue weighted by atomic mass is 16.5. The largest absolute Gasteiger partial charge is 0.487 e. The number of methoxy groups -OCH3 is 1. The Morgan fingerprint density at radius 1 is 1.38 bits per heavy atom. The van der Waals surface area contributed by atoms with E-state index in [1.807, 2.05) is 12.1 Å². The smallest absolute Gasteiger partial charge is 0.374 e. The fourth-order valence-electron chi connectivity index (χ4n) is 2.47. The Balaban J connectivity index is 1.77. The Hall–Kier alpha value is -2.43. The molecule has 0 aliphatic carbocycles. The summed E-state index contributed by atoms with van der Waals surface area (Å²) in [6.45, 7) is 1.21. The van der Waals surface area contributed by atoms with Crippen LogP contribution in [0.4, 0.5) is 5.69 Å². The van der Waals surface area contributed by atoms with Crippen LogP contribution >= 0.6 is 0 Å². The maximum absolute atomic E-state index is 11.6. The molecule has 5 heteroatoms. The van der Waals surface area contributed by atoms with E-state index in [2.05, 4.69) is 16.1 Å². The lowest BCUT2D eigenvalue weighted by molar-refractivity contribution is 0.0561. The molecule has 5 nitrogen and oxygen atoms in total. The molecule has 1 N–H and O–H groups in total. The molecule has 0 bridgehead atoms. The number of fused-ring (bicyclic) bond motifs is 1. The number of aryl methyl sites for hydroxylation is 1. The molecule has 0 unspecified atom stereocenters. The highest BCUT2D eigenvalue weighted by Crippen LogP contribution is 2.32. The van der Waals surface area contributed by atoms with Gasteiger partial charge in [0.25, 0.3) is 0 Å². The van der Waals surface area contributed by atoms with Crippen molar-refractivity contribution in [1.29, 1.82) is 0 Å². The third-order valence-corrected chi connectivity index (χ3v) is 3.54. The highest BCUT2D eigenvalue weighted by Gasteiger charge is 2.18. The molecule has 1 aromatic carbocycles. The molecule has 0 amide bonds. The summed E-state index contributed by atoms with van der Waals surface area (Å²) in [5.41, 5.74) is 2.99. The van der Waals surface area contributed by atoms with Gasteiger partial charge in [-0.15, -0.1) is 0 Å². The lowest BCUT2D eigenvalue weighted by atomic mass is 10.0. The summed E-state index contributed by atoms with van der Waals surface area (Å²) in [5.74, 6) is 0.492. The quantitative estimate of drug-likeness (QED) is 0.876. The fourth-order valence-corrected chi connectivity index (χ4v) is 2.47. The Morgan fingerprint density at radius 3 is 3.14 bits per heavy atom. The van der Waals surface area contributed by atoms with Crippen molar-refractivity contribution in [3.63, 3.8) is 0 Å². The van der Waals surface area contributed by atoms with Gasteiger partial charge in [-0.1, -0.05) is 12.1 Å². The first kappa shape index (κ1) is 13.5. The van der Waals surface area contributed by atoms with Crippen LogP contribution in [0, 0.1) is 0 Å². The van der Waals surface area contributed by atoms with Crippen LogP contribution in [0.1, 0.15) is 28.1 Å². The van der Waals surface area contributed by atoms with Crippen molar-refractivity contribution in [2.24, 2.45) is 0 Å². The van der Waals surface area contributed by atoms with E-state index in [9.17, 15) is 4.79 Å². The number of ether oxygens (including phenoxy) is 2. The van der Waals surface area contributed by atoms with Crippen molar-refractivity contribution in [2.45, 2.75) is 19.4 Å². The van der Waals surface area contributed by atoms with Gasteiger partial charge in [-0.3, -0.25) is 0 Å². The highest BCUT2D eigenvalue weighted by molar-refractivity contribution is 5.87. The number of carbonyl (C=O) groups is 1. The zero-order valence-corrected chi connectivity index (χ0v) is 11.8. The number of hydrogen-bond acceptors (Lipinski definition) is 5.